The van der Waals surface area contributed by atoms with Gasteiger partial charge < -0.3 is 5.73 Å². The highest BCUT2D eigenvalue weighted by molar-refractivity contribution is 4.97. The van der Waals surface area contributed by atoms with Gasteiger partial charge in [-0.3, -0.25) is 0 Å². The Hall–Kier alpha value is -0.300. The molecule has 13 heavy (non-hydrogen) atoms. The lowest BCUT2D eigenvalue weighted by atomic mass is 9.69. The molecule has 0 aromatic carbocycles. The van der Waals surface area contributed by atoms with E-state index in [4.69, 9.17) is 5.73 Å². The summed E-state index contributed by atoms with van der Waals surface area (Å²) in [5.74, 6) is 2.24. The van der Waals surface area contributed by atoms with E-state index >= 15 is 0 Å². The van der Waals surface area contributed by atoms with Crippen molar-refractivity contribution in [3.8, 4) is 0 Å². The zero-order valence-corrected chi connectivity index (χ0v) is 9.22. The van der Waals surface area contributed by atoms with Gasteiger partial charge in [-0.15, -0.1) is 6.58 Å². The lowest BCUT2D eigenvalue weighted by Gasteiger charge is -2.36. The van der Waals surface area contributed by atoms with Gasteiger partial charge in [0.15, 0.2) is 0 Å². The van der Waals surface area contributed by atoms with Crippen LogP contribution < -0.4 is 5.73 Å². The van der Waals surface area contributed by atoms with Gasteiger partial charge in [-0.05, 0) is 42.6 Å². The van der Waals surface area contributed by atoms with Crippen LogP contribution in [0.2, 0.25) is 0 Å². The Morgan fingerprint density at radius 1 is 1.54 bits per heavy atom. The minimum absolute atomic E-state index is 0.273. The van der Waals surface area contributed by atoms with Crippen LogP contribution in [0.3, 0.4) is 0 Å². The van der Waals surface area contributed by atoms with Gasteiger partial charge in [0, 0.05) is 0 Å². The molecular weight excluding hydrogens is 158 g/mol. The summed E-state index contributed by atoms with van der Waals surface area (Å²) in [5, 5.41) is 0. The molecule has 1 heteroatoms. The van der Waals surface area contributed by atoms with Crippen molar-refractivity contribution in [1.82, 2.24) is 0 Å². The van der Waals surface area contributed by atoms with Crippen LogP contribution >= 0.6 is 0 Å². The van der Waals surface area contributed by atoms with Crippen LogP contribution in [0.4, 0.5) is 0 Å². The smallest absolute Gasteiger partial charge is 0.00229 e. The largest absolute Gasteiger partial charge is 0.330 e. The molecule has 0 aromatic rings. The van der Waals surface area contributed by atoms with Crippen molar-refractivity contribution in [3.05, 3.63) is 12.7 Å². The summed E-state index contributed by atoms with van der Waals surface area (Å²) >= 11 is 0. The summed E-state index contributed by atoms with van der Waals surface area (Å²) in [6.45, 7) is 11.5. The molecule has 2 N–H and O–H groups in total. The second kappa shape index (κ2) is 3.83. The van der Waals surface area contributed by atoms with Crippen molar-refractivity contribution in [2.24, 2.45) is 28.9 Å². The molecule has 1 aliphatic carbocycles. The zero-order valence-electron chi connectivity index (χ0n) is 9.22. The predicted octanol–water partition coefficient (Wildman–Crippen LogP) is 2.82. The van der Waals surface area contributed by atoms with E-state index in [-0.39, 0.29) is 5.41 Å². The topological polar surface area (TPSA) is 26.0 Å². The van der Waals surface area contributed by atoms with Crippen LogP contribution in [0.25, 0.3) is 0 Å². The minimum atomic E-state index is 0.273. The Labute approximate surface area is 82.4 Å². The van der Waals surface area contributed by atoms with Crippen molar-refractivity contribution in [2.45, 2.75) is 33.6 Å². The van der Waals surface area contributed by atoms with E-state index in [2.05, 4.69) is 33.4 Å². The van der Waals surface area contributed by atoms with Crippen molar-refractivity contribution in [3.63, 3.8) is 0 Å². The van der Waals surface area contributed by atoms with Crippen LogP contribution in [-0.2, 0) is 0 Å². The van der Waals surface area contributed by atoms with Crippen molar-refractivity contribution in [1.29, 1.82) is 0 Å². The average Bonchev–Trinajstić information content (AvgIpc) is 2.88. The molecule has 0 heterocycles. The van der Waals surface area contributed by atoms with Gasteiger partial charge in [0.05, 0.1) is 0 Å². The molecule has 0 aromatic heterocycles. The first kappa shape index (κ1) is 10.8. The van der Waals surface area contributed by atoms with Gasteiger partial charge in [-0.25, -0.2) is 0 Å². The molecule has 1 saturated carbocycles. The molecule has 0 saturated heterocycles. The normalized spacial score (nSPS) is 22.5. The van der Waals surface area contributed by atoms with Crippen LogP contribution in [-0.4, -0.2) is 6.54 Å². The molecule has 0 bridgehead atoms. The fourth-order valence-electron chi connectivity index (χ4n) is 2.52. The van der Waals surface area contributed by atoms with Crippen LogP contribution in [0.15, 0.2) is 12.7 Å². The van der Waals surface area contributed by atoms with Crippen LogP contribution in [0.5, 0.6) is 0 Å². The Morgan fingerprint density at radius 3 is 2.38 bits per heavy atom. The van der Waals surface area contributed by atoms with Gasteiger partial charge in [0.1, 0.15) is 0 Å². The molecule has 2 unspecified atom stereocenters. The first-order chi connectivity index (χ1) is 6.03. The fraction of sp³-hybridized carbons (Fsp3) is 0.833. The lowest BCUT2D eigenvalue weighted by Crippen LogP contribution is -2.36. The van der Waals surface area contributed by atoms with E-state index in [0.717, 1.165) is 18.4 Å². The Morgan fingerprint density at radius 2 is 2.08 bits per heavy atom. The number of hydrogen-bond acceptors (Lipinski definition) is 1. The quantitative estimate of drug-likeness (QED) is 0.648. The number of hydrogen-bond donors (Lipinski definition) is 1. The van der Waals surface area contributed by atoms with Crippen LogP contribution in [0, 0.1) is 23.2 Å². The van der Waals surface area contributed by atoms with E-state index in [9.17, 15) is 0 Å². The summed E-state index contributed by atoms with van der Waals surface area (Å²) in [5.41, 5.74) is 6.10. The van der Waals surface area contributed by atoms with E-state index in [1.54, 1.807) is 0 Å². The fourth-order valence-corrected chi connectivity index (χ4v) is 2.52. The molecule has 1 rings (SSSR count). The third-order valence-corrected chi connectivity index (χ3v) is 3.50. The number of nitrogens with two attached hydrogens (primary N) is 1. The summed E-state index contributed by atoms with van der Waals surface area (Å²) in [6.07, 6.45) is 4.87. The molecule has 1 fully saturated rings. The van der Waals surface area contributed by atoms with Gasteiger partial charge in [0.2, 0.25) is 0 Å². The minimum Gasteiger partial charge on any atom is -0.330 e. The zero-order chi connectivity index (χ0) is 10.1. The standard InChI is InChI=1S/C12H23N/c1-5-9(2)11(10-6-7-10)12(3,4)8-13/h5,9-11H,1,6-8,13H2,2-4H3. The molecule has 1 aliphatic rings. The molecular formula is C12H23N. The lowest BCUT2D eigenvalue weighted by molar-refractivity contribution is 0.153. The summed E-state index contributed by atoms with van der Waals surface area (Å²) in [6, 6.07) is 0. The summed E-state index contributed by atoms with van der Waals surface area (Å²) in [7, 11) is 0. The summed E-state index contributed by atoms with van der Waals surface area (Å²) in [4.78, 5) is 0. The third kappa shape index (κ3) is 2.34. The number of allylic oxidation sites excluding steroid dienone is 1. The van der Waals surface area contributed by atoms with Crippen molar-refractivity contribution < 1.29 is 0 Å². The summed E-state index contributed by atoms with van der Waals surface area (Å²) < 4.78 is 0. The first-order valence-corrected chi connectivity index (χ1v) is 5.35. The van der Waals surface area contributed by atoms with E-state index < -0.39 is 0 Å². The van der Waals surface area contributed by atoms with E-state index in [1.807, 2.05) is 0 Å². The highest BCUT2D eigenvalue weighted by Crippen LogP contribution is 2.49. The Bertz CT molecular complexity index is 180. The predicted molar refractivity (Wildman–Crippen MR) is 58.4 cm³/mol. The third-order valence-electron chi connectivity index (χ3n) is 3.50. The molecule has 2 atom stereocenters. The second-order valence-electron chi connectivity index (χ2n) is 5.15. The van der Waals surface area contributed by atoms with E-state index in [0.29, 0.717) is 5.92 Å². The number of rotatable bonds is 5. The maximum absolute atomic E-state index is 5.83. The monoisotopic (exact) mass is 181 g/mol. The maximum Gasteiger partial charge on any atom is -0.00229 e. The Balaban J connectivity index is 2.71. The maximum atomic E-state index is 5.83. The molecule has 1 nitrogen and oxygen atoms in total. The van der Waals surface area contributed by atoms with Crippen LogP contribution in [0.1, 0.15) is 33.6 Å². The van der Waals surface area contributed by atoms with Gasteiger partial charge >= 0.3 is 0 Å². The van der Waals surface area contributed by atoms with Gasteiger partial charge in [0.25, 0.3) is 0 Å². The molecule has 0 spiro atoms. The SMILES string of the molecule is C=CC(C)C(C1CC1)C(C)(C)CN. The average molecular weight is 181 g/mol. The second-order valence-corrected chi connectivity index (χ2v) is 5.15. The van der Waals surface area contributed by atoms with Crippen molar-refractivity contribution in [2.75, 3.05) is 6.54 Å². The van der Waals surface area contributed by atoms with E-state index in [1.165, 1.54) is 12.8 Å². The first-order valence-electron chi connectivity index (χ1n) is 5.35. The molecule has 76 valence electrons. The molecule has 0 aliphatic heterocycles. The highest BCUT2D eigenvalue weighted by atomic mass is 14.6. The van der Waals surface area contributed by atoms with Crippen molar-refractivity contribution >= 4 is 0 Å². The Kier molecular flexibility index (Phi) is 3.18. The van der Waals surface area contributed by atoms with Gasteiger partial charge in [-0.1, -0.05) is 26.8 Å². The van der Waals surface area contributed by atoms with Gasteiger partial charge in [-0.2, -0.15) is 0 Å². The highest BCUT2D eigenvalue weighted by Gasteiger charge is 2.42. The molecule has 0 amide bonds. The molecule has 0 radical (unpaired) electrons.